The van der Waals surface area contributed by atoms with Gasteiger partial charge in [0.1, 0.15) is 5.82 Å². The quantitative estimate of drug-likeness (QED) is 0.416. The molecule has 0 aliphatic rings. The molecule has 5 nitrogen and oxygen atoms in total. The van der Waals surface area contributed by atoms with Gasteiger partial charge in [-0.15, -0.1) is 11.3 Å². The molecule has 0 saturated heterocycles. The molecule has 4 aromatic rings. The summed E-state index contributed by atoms with van der Waals surface area (Å²) in [6.07, 6.45) is 0.903. The zero-order valence-corrected chi connectivity index (χ0v) is 18.9. The number of aromatic nitrogens is 3. The third-order valence-corrected chi connectivity index (χ3v) is 6.48. The van der Waals surface area contributed by atoms with E-state index in [1.54, 1.807) is 16.8 Å². The molecule has 0 amide bonds. The van der Waals surface area contributed by atoms with Crippen molar-refractivity contribution in [3.8, 4) is 16.9 Å². The van der Waals surface area contributed by atoms with Gasteiger partial charge in [0.05, 0.1) is 17.1 Å². The van der Waals surface area contributed by atoms with Crippen LogP contribution in [0.25, 0.3) is 16.9 Å². The van der Waals surface area contributed by atoms with Crippen molar-refractivity contribution in [3.05, 3.63) is 86.6 Å². The third-order valence-electron chi connectivity index (χ3n) is 5.64. The van der Waals surface area contributed by atoms with E-state index in [1.165, 1.54) is 23.5 Å². The minimum absolute atomic E-state index is 0.154. The molecule has 2 aromatic heterocycles. The SMILES string of the molecule is CCC(C)n1c(-c2ccc(F)cc2)csc1=Nc1c(C)n(C)n(-c2ccccc2)c1=O. The Hall–Kier alpha value is -3.19. The number of hydrogen-bond acceptors (Lipinski definition) is 3. The molecule has 2 heterocycles. The lowest BCUT2D eigenvalue weighted by Crippen LogP contribution is -2.21. The van der Waals surface area contributed by atoms with Crippen molar-refractivity contribution in [2.45, 2.75) is 33.2 Å². The average molecular weight is 437 g/mol. The highest BCUT2D eigenvalue weighted by molar-refractivity contribution is 7.07. The average Bonchev–Trinajstić information content (AvgIpc) is 3.29. The van der Waals surface area contributed by atoms with Gasteiger partial charge < -0.3 is 4.57 Å². The summed E-state index contributed by atoms with van der Waals surface area (Å²) in [4.78, 5) is 18.9. The van der Waals surface area contributed by atoms with E-state index < -0.39 is 0 Å². The van der Waals surface area contributed by atoms with Crippen LogP contribution < -0.4 is 10.4 Å². The molecule has 4 rings (SSSR count). The molecule has 2 aromatic carbocycles. The summed E-state index contributed by atoms with van der Waals surface area (Å²) in [5.41, 5.74) is 3.75. The number of rotatable bonds is 5. The Morgan fingerprint density at radius 1 is 1.10 bits per heavy atom. The van der Waals surface area contributed by atoms with Crippen molar-refractivity contribution in [1.82, 2.24) is 13.9 Å². The Morgan fingerprint density at radius 2 is 1.77 bits per heavy atom. The number of benzene rings is 2. The van der Waals surface area contributed by atoms with Crippen LogP contribution in [0.3, 0.4) is 0 Å². The first-order valence-electron chi connectivity index (χ1n) is 10.3. The Morgan fingerprint density at radius 3 is 2.42 bits per heavy atom. The van der Waals surface area contributed by atoms with E-state index in [9.17, 15) is 9.18 Å². The lowest BCUT2D eigenvalue weighted by atomic mass is 10.1. The first-order chi connectivity index (χ1) is 14.9. The highest BCUT2D eigenvalue weighted by Crippen LogP contribution is 2.25. The molecule has 160 valence electrons. The number of thiazole rings is 1. The first-order valence-corrected chi connectivity index (χ1v) is 11.1. The minimum atomic E-state index is -0.264. The Bertz CT molecular complexity index is 1330. The van der Waals surface area contributed by atoms with Crippen LogP contribution in [0.5, 0.6) is 0 Å². The first kappa shape index (κ1) is 21.1. The molecule has 0 radical (unpaired) electrons. The predicted octanol–water partition coefficient (Wildman–Crippen LogP) is 5.36. The van der Waals surface area contributed by atoms with Crippen LogP contribution in [0.15, 0.2) is 69.8 Å². The van der Waals surface area contributed by atoms with Gasteiger partial charge in [0.2, 0.25) is 0 Å². The van der Waals surface area contributed by atoms with Gasteiger partial charge in [-0.05, 0) is 62.2 Å². The summed E-state index contributed by atoms with van der Waals surface area (Å²) in [5.74, 6) is -0.264. The number of nitrogens with zero attached hydrogens (tertiary/aromatic N) is 4. The van der Waals surface area contributed by atoms with Crippen molar-refractivity contribution in [3.63, 3.8) is 0 Å². The topological polar surface area (TPSA) is 44.2 Å². The van der Waals surface area contributed by atoms with E-state index in [4.69, 9.17) is 4.99 Å². The monoisotopic (exact) mass is 436 g/mol. The molecule has 31 heavy (non-hydrogen) atoms. The van der Waals surface area contributed by atoms with Crippen molar-refractivity contribution in [2.75, 3.05) is 0 Å². The maximum atomic E-state index is 13.4. The van der Waals surface area contributed by atoms with E-state index in [0.29, 0.717) is 5.69 Å². The summed E-state index contributed by atoms with van der Waals surface area (Å²) < 4.78 is 19.0. The van der Waals surface area contributed by atoms with Crippen molar-refractivity contribution < 1.29 is 4.39 Å². The summed E-state index contributed by atoms with van der Waals surface area (Å²) >= 11 is 1.49. The zero-order valence-electron chi connectivity index (χ0n) is 18.0. The molecular weight excluding hydrogens is 411 g/mol. The van der Waals surface area contributed by atoms with E-state index >= 15 is 0 Å². The van der Waals surface area contributed by atoms with Crippen LogP contribution in [0, 0.1) is 12.7 Å². The molecule has 7 heteroatoms. The van der Waals surface area contributed by atoms with Crippen molar-refractivity contribution in [2.24, 2.45) is 12.0 Å². The van der Waals surface area contributed by atoms with Crippen LogP contribution in [0.2, 0.25) is 0 Å². The maximum absolute atomic E-state index is 13.4. The molecule has 1 unspecified atom stereocenters. The largest absolute Gasteiger partial charge is 0.314 e. The van der Waals surface area contributed by atoms with Crippen LogP contribution in [0.1, 0.15) is 32.0 Å². The summed E-state index contributed by atoms with van der Waals surface area (Å²) in [6.45, 7) is 6.14. The summed E-state index contributed by atoms with van der Waals surface area (Å²) in [5, 5.41) is 2.02. The fourth-order valence-corrected chi connectivity index (χ4v) is 4.62. The lowest BCUT2D eigenvalue weighted by molar-refractivity contribution is 0.524. The second kappa shape index (κ2) is 8.51. The van der Waals surface area contributed by atoms with Crippen molar-refractivity contribution >= 4 is 17.0 Å². The summed E-state index contributed by atoms with van der Waals surface area (Å²) in [6, 6.07) is 16.2. The lowest BCUT2D eigenvalue weighted by Gasteiger charge is -2.15. The van der Waals surface area contributed by atoms with Crippen LogP contribution in [-0.2, 0) is 7.05 Å². The zero-order chi connectivity index (χ0) is 22.1. The third kappa shape index (κ3) is 3.81. The van der Waals surface area contributed by atoms with E-state index in [2.05, 4.69) is 18.4 Å². The molecular formula is C24H25FN4OS. The van der Waals surface area contributed by atoms with Crippen LogP contribution in [-0.4, -0.2) is 13.9 Å². The van der Waals surface area contributed by atoms with Gasteiger partial charge in [-0.3, -0.25) is 9.48 Å². The highest BCUT2D eigenvalue weighted by atomic mass is 32.1. The molecule has 0 aliphatic carbocycles. The molecule has 0 aliphatic heterocycles. The molecule has 0 spiro atoms. The molecule has 0 saturated carbocycles. The smallest absolute Gasteiger partial charge is 0.297 e. The highest BCUT2D eigenvalue weighted by Gasteiger charge is 2.18. The fourth-order valence-electron chi connectivity index (χ4n) is 3.62. The molecule has 0 fully saturated rings. The van der Waals surface area contributed by atoms with Crippen LogP contribution >= 0.6 is 11.3 Å². The van der Waals surface area contributed by atoms with E-state index in [1.807, 2.05) is 54.4 Å². The Balaban J connectivity index is 1.92. The fraction of sp³-hybridized carbons (Fsp3) is 0.250. The van der Waals surface area contributed by atoms with Gasteiger partial charge in [0.15, 0.2) is 10.5 Å². The maximum Gasteiger partial charge on any atom is 0.297 e. The van der Waals surface area contributed by atoms with Crippen LogP contribution in [0.4, 0.5) is 10.1 Å². The number of para-hydroxylation sites is 1. The second-order valence-corrected chi connectivity index (χ2v) is 8.40. The second-order valence-electron chi connectivity index (χ2n) is 7.56. The molecule has 0 N–H and O–H groups in total. The van der Waals surface area contributed by atoms with Gasteiger partial charge in [-0.25, -0.2) is 14.1 Å². The standard InChI is InChI=1S/C24H25FN4OS/c1-5-16(2)28-21(18-11-13-19(25)14-12-18)15-31-24(28)26-22-17(3)27(4)29(23(22)30)20-9-7-6-8-10-20/h6-16H,5H2,1-4H3. The Kier molecular flexibility index (Phi) is 5.78. The Labute approximate surface area is 184 Å². The summed E-state index contributed by atoms with van der Waals surface area (Å²) in [7, 11) is 1.86. The normalized spacial score (nSPS) is 13.0. The van der Waals surface area contributed by atoms with E-state index in [-0.39, 0.29) is 17.4 Å². The predicted molar refractivity (Wildman–Crippen MR) is 124 cm³/mol. The van der Waals surface area contributed by atoms with Gasteiger partial charge in [0.25, 0.3) is 5.56 Å². The van der Waals surface area contributed by atoms with E-state index in [0.717, 1.165) is 33.9 Å². The van der Waals surface area contributed by atoms with Gasteiger partial charge in [-0.2, -0.15) is 0 Å². The van der Waals surface area contributed by atoms with Gasteiger partial charge in [-0.1, -0.05) is 25.1 Å². The minimum Gasteiger partial charge on any atom is -0.314 e. The number of halogens is 1. The molecule has 1 atom stereocenters. The molecule has 0 bridgehead atoms. The number of hydrogen-bond donors (Lipinski definition) is 0. The van der Waals surface area contributed by atoms with Gasteiger partial charge in [0, 0.05) is 18.5 Å². The van der Waals surface area contributed by atoms with Crippen molar-refractivity contribution in [1.29, 1.82) is 0 Å². The van der Waals surface area contributed by atoms with Gasteiger partial charge >= 0.3 is 0 Å².